The number of hydrogen-bond donors (Lipinski definition) is 0. The Morgan fingerprint density at radius 1 is 0.829 bits per heavy atom. The summed E-state index contributed by atoms with van der Waals surface area (Å²) < 4.78 is 1.37. The van der Waals surface area contributed by atoms with Crippen molar-refractivity contribution >= 4 is 21.4 Å². The first kappa shape index (κ1) is 25.4. The van der Waals surface area contributed by atoms with Crippen LogP contribution in [0.25, 0.3) is 32.6 Å². The van der Waals surface area contributed by atoms with Crippen molar-refractivity contribution in [3.8, 4) is 22.5 Å². The van der Waals surface area contributed by atoms with E-state index in [-0.39, 0.29) is 20.1 Å². The van der Waals surface area contributed by atoms with Crippen molar-refractivity contribution in [2.45, 2.75) is 45.4 Å². The largest absolute Gasteiger partial charge is 0.305 e. The quantitative estimate of drug-likeness (QED) is 0.183. The predicted octanol–water partition coefficient (Wildman–Crippen LogP) is 8.31. The molecule has 0 saturated carbocycles. The van der Waals surface area contributed by atoms with Crippen LogP contribution in [0.2, 0.25) is 0 Å². The number of aromatic nitrogens is 2. The minimum atomic E-state index is 0. The predicted molar refractivity (Wildman–Crippen MR) is 143 cm³/mol. The van der Waals surface area contributed by atoms with Gasteiger partial charge in [-0.05, 0) is 69.8 Å². The van der Waals surface area contributed by atoms with E-state index in [0.29, 0.717) is 5.92 Å². The summed E-state index contributed by atoms with van der Waals surface area (Å²) in [5.41, 5.74) is 7.11. The first-order chi connectivity index (χ1) is 16.7. The van der Waals surface area contributed by atoms with E-state index in [0.717, 1.165) is 17.0 Å². The van der Waals surface area contributed by atoms with Gasteiger partial charge in [0, 0.05) is 32.5 Å². The van der Waals surface area contributed by atoms with Crippen molar-refractivity contribution in [1.29, 1.82) is 0 Å². The van der Waals surface area contributed by atoms with E-state index in [2.05, 4.69) is 55.2 Å². The van der Waals surface area contributed by atoms with Crippen LogP contribution in [-0.2, 0) is 32.9 Å². The molecule has 1 aliphatic carbocycles. The van der Waals surface area contributed by atoms with E-state index in [1.165, 1.54) is 46.9 Å². The number of pyridine rings is 2. The Morgan fingerprint density at radius 3 is 2.40 bits per heavy atom. The van der Waals surface area contributed by atoms with Gasteiger partial charge >= 0.3 is 0 Å². The zero-order valence-electron chi connectivity index (χ0n) is 20.0. The number of benzene rings is 2. The molecule has 0 spiro atoms. The summed E-state index contributed by atoms with van der Waals surface area (Å²) in [5, 5.41) is 1.43. The maximum Gasteiger partial charge on any atom is 0.0195 e. The fourth-order valence-corrected chi connectivity index (χ4v) is 5.78. The van der Waals surface area contributed by atoms with Crippen molar-refractivity contribution in [2.24, 2.45) is 0 Å². The Labute approximate surface area is 225 Å². The van der Waals surface area contributed by atoms with E-state index >= 15 is 0 Å². The van der Waals surface area contributed by atoms with Crippen LogP contribution in [0.1, 0.15) is 48.6 Å². The summed E-state index contributed by atoms with van der Waals surface area (Å²) in [4.78, 5) is 10.5. The summed E-state index contributed by atoms with van der Waals surface area (Å²) >= 11 is 1.96. The van der Waals surface area contributed by atoms with Gasteiger partial charge in [0.25, 0.3) is 0 Å². The van der Waals surface area contributed by atoms with Gasteiger partial charge in [0.05, 0.1) is 0 Å². The number of hydrogen-bond acceptors (Lipinski definition) is 3. The van der Waals surface area contributed by atoms with Gasteiger partial charge in [-0.2, -0.15) is 11.3 Å². The summed E-state index contributed by atoms with van der Waals surface area (Å²) in [6.45, 7) is 4.41. The molecule has 0 saturated heterocycles. The topological polar surface area (TPSA) is 25.8 Å². The first-order valence-electron chi connectivity index (χ1n) is 12.0. The second-order valence-corrected chi connectivity index (χ2v) is 10.0. The van der Waals surface area contributed by atoms with Gasteiger partial charge < -0.3 is 9.97 Å². The Balaban J connectivity index is 0.000000189. The molecule has 2 nitrogen and oxygen atoms in total. The molecule has 3 aromatic heterocycles. The molecule has 0 atom stereocenters. The van der Waals surface area contributed by atoms with Crippen LogP contribution in [0.5, 0.6) is 0 Å². The van der Waals surface area contributed by atoms with Gasteiger partial charge in [-0.3, -0.25) is 0 Å². The minimum Gasteiger partial charge on any atom is -0.305 e. The average molecular weight is 653 g/mol. The molecule has 0 amide bonds. The number of fused-ring (bicyclic) bond motifs is 3. The van der Waals surface area contributed by atoms with Gasteiger partial charge in [-0.25, -0.2) is 0 Å². The third kappa shape index (κ3) is 5.78. The molecule has 179 valence electrons. The zero-order chi connectivity index (χ0) is 23.3. The van der Waals surface area contributed by atoms with Gasteiger partial charge in [-0.15, -0.1) is 59.7 Å². The zero-order valence-corrected chi connectivity index (χ0v) is 23.3. The normalized spacial score (nSPS) is 12.4. The van der Waals surface area contributed by atoms with E-state index in [9.17, 15) is 0 Å². The molecular formula is C31H28IrN2S-2. The molecule has 5 aromatic rings. The number of thiophene rings is 1. The monoisotopic (exact) mass is 653 g/mol. The standard InChI is InChI=1S/C20H20NS.C11H8N.Ir/c1-13(2)14-10-11-18(21-12-14)17-8-5-7-16-15-6-3-4-9-19(15)22-20(16)17;1-2-6-10(7-3-1)11-8-4-5-9-12-11;/h5,7,10-13H,3-4,6,9H2,1-2H3;1-6,8-9H;/q2*-1;. The van der Waals surface area contributed by atoms with Crippen LogP contribution in [0, 0.1) is 12.1 Å². The Kier molecular flexibility index (Phi) is 8.62. The second-order valence-electron chi connectivity index (χ2n) is 8.93. The molecule has 0 unspecified atom stereocenters. The van der Waals surface area contributed by atoms with Gasteiger partial charge in [0.1, 0.15) is 0 Å². The Hall–Kier alpha value is -2.65. The van der Waals surface area contributed by atoms with Crippen LogP contribution >= 0.6 is 11.3 Å². The second kappa shape index (κ2) is 11.9. The molecule has 1 aliphatic rings. The van der Waals surface area contributed by atoms with Crippen LogP contribution in [0.3, 0.4) is 0 Å². The smallest absolute Gasteiger partial charge is 0.0195 e. The van der Waals surface area contributed by atoms with Crippen molar-refractivity contribution in [2.75, 3.05) is 0 Å². The molecule has 4 heteroatoms. The molecule has 3 heterocycles. The maximum atomic E-state index is 4.70. The number of nitrogens with zero attached hydrogens (tertiary/aromatic N) is 2. The van der Waals surface area contributed by atoms with Crippen molar-refractivity contribution in [1.82, 2.24) is 9.97 Å². The van der Waals surface area contributed by atoms with E-state index < -0.39 is 0 Å². The van der Waals surface area contributed by atoms with Crippen molar-refractivity contribution < 1.29 is 20.1 Å². The van der Waals surface area contributed by atoms with Gasteiger partial charge in [0.15, 0.2) is 0 Å². The van der Waals surface area contributed by atoms with Crippen LogP contribution in [0.4, 0.5) is 0 Å². The molecule has 1 radical (unpaired) electrons. The third-order valence-electron chi connectivity index (χ3n) is 6.28. The van der Waals surface area contributed by atoms with Crippen LogP contribution in [0.15, 0.2) is 79.1 Å². The number of rotatable bonds is 3. The maximum absolute atomic E-state index is 4.70. The third-order valence-corrected chi connectivity index (χ3v) is 7.60. The molecule has 6 rings (SSSR count). The summed E-state index contributed by atoms with van der Waals surface area (Å²) in [6, 6.07) is 28.9. The summed E-state index contributed by atoms with van der Waals surface area (Å²) in [7, 11) is 0. The SMILES string of the molecule is CC(C)c1ccc(-c2[c-]ccc3c4c(sc23)CCCC4)nc1.[Ir].[c-]1ccccc1-c1ccccn1. The Morgan fingerprint density at radius 2 is 1.69 bits per heavy atom. The van der Waals surface area contributed by atoms with E-state index in [1.807, 2.05) is 60.0 Å². The van der Waals surface area contributed by atoms with Crippen molar-refractivity contribution in [3.63, 3.8) is 0 Å². The van der Waals surface area contributed by atoms with Crippen molar-refractivity contribution in [3.05, 3.63) is 107 Å². The molecular weight excluding hydrogens is 625 g/mol. The van der Waals surface area contributed by atoms with Crippen LogP contribution in [-0.4, -0.2) is 9.97 Å². The number of aryl methyl sites for hydroxylation is 2. The summed E-state index contributed by atoms with van der Waals surface area (Å²) in [5.74, 6) is 0.523. The van der Waals surface area contributed by atoms with Crippen LogP contribution < -0.4 is 0 Å². The molecule has 0 N–H and O–H groups in total. The minimum absolute atomic E-state index is 0. The van der Waals surface area contributed by atoms with E-state index in [1.54, 1.807) is 16.6 Å². The molecule has 0 fully saturated rings. The van der Waals surface area contributed by atoms with E-state index in [4.69, 9.17) is 4.98 Å². The fraction of sp³-hybridized carbons (Fsp3) is 0.226. The van der Waals surface area contributed by atoms with Gasteiger partial charge in [0.2, 0.25) is 0 Å². The van der Waals surface area contributed by atoms with Gasteiger partial charge in [-0.1, -0.05) is 43.5 Å². The summed E-state index contributed by atoms with van der Waals surface area (Å²) in [6.07, 6.45) is 8.94. The average Bonchev–Trinajstić information content (AvgIpc) is 3.29. The Bertz CT molecular complexity index is 1320. The molecule has 0 aliphatic heterocycles. The molecule has 35 heavy (non-hydrogen) atoms. The molecule has 2 aromatic carbocycles. The molecule has 0 bridgehead atoms. The fourth-order valence-electron chi connectivity index (χ4n) is 4.39. The first-order valence-corrected chi connectivity index (χ1v) is 12.8.